The summed E-state index contributed by atoms with van der Waals surface area (Å²) in [6, 6.07) is 12.3. The Morgan fingerprint density at radius 1 is 1.00 bits per heavy atom. The van der Waals surface area contributed by atoms with Crippen molar-refractivity contribution in [1.82, 2.24) is 3.71 Å². The molecule has 0 bridgehead atoms. The summed E-state index contributed by atoms with van der Waals surface area (Å²) < 4.78 is 8.65. The molecule has 0 unspecified atom stereocenters. The third-order valence-corrected chi connectivity index (χ3v) is 11.0. The maximum Gasteiger partial charge on any atom is 0.192 e. The van der Waals surface area contributed by atoms with Gasteiger partial charge in [-0.1, -0.05) is 32.9 Å². The third kappa shape index (κ3) is 3.79. The Kier molecular flexibility index (Phi) is 5.83. The molecule has 0 amide bonds. The molecule has 0 saturated heterocycles. The van der Waals surface area contributed by atoms with Crippen LogP contribution in [0.3, 0.4) is 0 Å². The highest BCUT2D eigenvalue weighted by Gasteiger charge is 2.29. The highest BCUT2D eigenvalue weighted by molar-refractivity contribution is 8.14. The van der Waals surface area contributed by atoms with Gasteiger partial charge in [0.25, 0.3) is 0 Å². The lowest BCUT2D eigenvalue weighted by atomic mass is 10.4. The van der Waals surface area contributed by atoms with Crippen LogP contribution in [0.5, 0.6) is 0 Å². The monoisotopic (exact) mass is 313 g/mol. The SMILES string of the molecule is CC[Si](CC)(CC)OCCN1Sc2ccccc2S1. The molecule has 0 saturated carbocycles. The highest BCUT2D eigenvalue weighted by atomic mass is 32.2. The number of fused-ring (bicyclic) bond motifs is 1. The quantitative estimate of drug-likeness (QED) is 0.516. The van der Waals surface area contributed by atoms with Crippen molar-refractivity contribution in [2.24, 2.45) is 0 Å². The van der Waals surface area contributed by atoms with Crippen molar-refractivity contribution in [2.45, 2.75) is 48.7 Å². The molecule has 1 aromatic rings. The van der Waals surface area contributed by atoms with Crippen LogP contribution in [-0.4, -0.2) is 25.2 Å². The van der Waals surface area contributed by atoms with Gasteiger partial charge in [0.1, 0.15) is 0 Å². The van der Waals surface area contributed by atoms with Gasteiger partial charge in [0.15, 0.2) is 8.32 Å². The summed E-state index contributed by atoms with van der Waals surface area (Å²) in [4.78, 5) is 2.75. The second kappa shape index (κ2) is 7.18. The lowest BCUT2D eigenvalue weighted by Gasteiger charge is -2.28. The van der Waals surface area contributed by atoms with Gasteiger partial charge in [-0.25, -0.2) is 0 Å². The molecule has 0 spiro atoms. The van der Waals surface area contributed by atoms with E-state index in [2.05, 4.69) is 48.7 Å². The Labute approximate surface area is 126 Å². The van der Waals surface area contributed by atoms with Gasteiger partial charge < -0.3 is 4.43 Å². The summed E-state index contributed by atoms with van der Waals surface area (Å²) in [5.74, 6) is 0. The Hall–Kier alpha value is 0.0569. The number of hydrogen-bond donors (Lipinski definition) is 0. The summed E-state index contributed by atoms with van der Waals surface area (Å²) in [5, 5.41) is 0. The zero-order valence-corrected chi connectivity index (χ0v) is 14.6. The molecule has 1 aliphatic heterocycles. The number of hydrogen-bond acceptors (Lipinski definition) is 4. The molecule has 0 fully saturated rings. The molecule has 2 nitrogen and oxygen atoms in total. The minimum absolute atomic E-state index is 0.871. The Balaban J connectivity index is 1.79. The molecule has 1 heterocycles. The van der Waals surface area contributed by atoms with Crippen LogP contribution in [-0.2, 0) is 4.43 Å². The molecule has 0 aliphatic carbocycles. The first-order valence-corrected chi connectivity index (χ1v) is 11.2. The molecule has 0 aromatic heterocycles. The van der Waals surface area contributed by atoms with E-state index in [1.54, 1.807) is 0 Å². The van der Waals surface area contributed by atoms with Crippen molar-refractivity contribution in [2.75, 3.05) is 13.2 Å². The van der Waals surface area contributed by atoms with Crippen molar-refractivity contribution in [1.29, 1.82) is 0 Å². The molecule has 1 aromatic carbocycles. The number of nitrogens with zero attached hydrogens (tertiary/aromatic N) is 1. The van der Waals surface area contributed by atoms with Gasteiger partial charge in [-0.15, -0.1) is 0 Å². The van der Waals surface area contributed by atoms with Gasteiger partial charge in [0.05, 0.1) is 0 Å². The predicted octanol–water partition coefficient (Wildman–Crippen LogP) is 5.04. The van der Waals surface area contributed by atoms with E-state index in [4.69, 9.17) is 4.43 Å². The van der Waals surface area contributed by atoms with Gasteiger partial charge >= 0.3 is 0 Å². The zero-order chi connectivity index (χ0) is 13.7. The molecule has 19 heavy (non-hydrogen) atoms. The van der Waals surface area contributed by atoms with E-state index >= 15 is 0 Å². The van der Waals surface area contributed by atoms with Crippen molar-refractivity contribution >= 4 is 32.2 Å². The first kappa shape index (κ1) is 15.4. The molecular formula is C14H23NOS2Si. The Morgan fingerprint density at radius 2 is 1.53 bits per heavy atom. The Bertz CT molecular complexity index is 379. The van der Waals surface area contributed by atoms with Crippen LogP contribution in [0.1, 0.15) is 20.8 Å². The van der Waals surface area contributed by atoms with E-state index in [9.17, 15) is 0 Å². The maximum absolute atomic E-state index is 6.31. The molecule has 0 radical (unpaired) electrons. The van der Waals surface area contributed by atoms with E-state index < -0.39 is 8.32 Å². The van der Waals surface area contributed by atoms with Crippen LogP contribution in [0.2, 0.25) is 18.1 Å². The van der Waals surface area contributed by atoms with Crippen LogP contribution < -0.4 is 0 Å². The summed E-state index contributed by atoms with van der Waals surface area (Å²) in [6.07, 6.45) is 0. The average molecular weight is 314 g/mol. The van der Waals surface area contributed by atoms with Gasteiger partial charge in [-0.3, -0.25) is 0 Å². The fourth-order valence-electron chi connectivity index (χ4n) is 2.32. The van der Waals surface area contributed by atoms with Crippen molar-refractivity contribution < 1.29 is 4.43 Å². The van der Waals surface area contributed by atoms with Gasteiger partial charge in [0, 0.05) is 22.9 Å². The largest absolute Gasteiger partial charge is 0.415 e. The van der Waals surface area contributed by atoms with Crippen LogP contribution >= 0.6 is 23.9 Å². The molecule has 0 N–H and O–H groups in total. The fraction of sp³-hybridized carbons (Fsp3) is 0.571. The smallest absolute Gasteiger partial charge is 0.192 e. The average Bonchev–Trinajstić information content (AvgIpc) is 2.87. The van der Waals surface area contributed by atoms with Crippen molar-refractivity contribution in [3.05, 3.63) is 24.3 Å². The van der Waals surface area contributed by atoms with Gasteiger partial charge in [0.2, 0.25) is 0 Å². The molecule has 0 atom stereocenters. The summed E-state index contributed by atoms with van der Waals surface area (Å²) in [7, 11) is -1.41. The lowest BCUT2D eigenvalue weighted by molar-refractivity contribution is 0.293. The second-order valence-corrected chi connectivity index (χ2v) is 11.9. The van der Waals surface area contributed by atoms with Crippen molar-refractivity contribution in [3.8, 4) is 0 Å². The van der Waals surface area contributed by atoms with E-state index in [1.165, 1.54) is 27.9 Å². The molecule has 1 aliphatic rings. The van der Waals surface area contributed by atoms with E-state index in [-0.39, 0.29) is 0 Å². The molecule has 5 heteroatoms. The minimum Gasteiger partial charge on any atom is -0.415 e. The first-order chi connectivity index (χ1) is 9.23. The van der Waals surface area contributed by atoms with Crippen LogP contribution in [0, 0.1) is 0 Å². The molecule has 2 rings (SSSR count). The second-order valence-electron chi connectivity index (χ2n) is 4.78. The fourth-order valence-corrected chi connectivity index (χ4v) is 7.18. The van der Waals surface area contributed by atoms with E-state index in [0.717, 1.165) is 13.2 Å². The first-order valence-electron chi connectivity index (χ1n) is 7.09. The van der Waals surface area contributed by atoms with Crippen LogP contribution in [0.15, 0.2) is 34.1 Å². The summed E-state index contributed by atoms with van der Waals surface area (Å²) in [5.41, 5.74) is 0. The minimum atomic E-state index is -1.41. The lowest BCUT2D eigenvalue weighted by Crippen LogP contribution is -2.37. The summed E-state index contributed by atoms with van der Waals surface area (Å²) in [6.45, 7) is 8.73. The number of rotatable bonds is 7. The van der Waals surface area contributed by atoms with E-state index in [0.29, 0.717) is 0 Å². The molecular weight excluding hydrogens is 290 g/mol. The zero-order valence-electron chi connectivity index (χ0n) is 12.0. The number of benzene rings is 1. The van der Waals surface area contributed by atoms with Crippen LogP contribution in [0.4, 0.5) is 0 Å². The van der Waals surface area contributed by atoms with E-state index in [1.807, 2.05) is 23.9 Å². The summed E-state index contributed by atoms with van der Waals surface area (Å²) >= 11 is 3.68. The Morgan fingerprint density at radius 3 is 2.00 bits per heavy atom. The van der Waals surface area contributed by atoms with Crippen molar-refractivity contribution in [3.63, 3.8) is 0 Å². The topological polar surface area (TPSA) is 12.5 Å². The molecule has 106 valence electrons. The maximum atomic E-state index is 6.31. The van der Waals surface area contributed by atoms with Crippen LogP contribution in [0.25, 0.3) is 0 Å². The normalized spacial score (nSPS) is 15.7. The standard InChI is InChI=1S/C14H23NOS2Si/c1-4-19(5-2,6-3)16-12-11-15-17-13-9-7-8-10-14(13)18-15/h7-10H,4-6,11-12H2,1-3H3. The predicted molar refractivity (Wildman–Crippen MR) is 88.0 cm³/mol. The van der Waals surface area contributed by atoms with Gasteiger partial charge in [-0.2, -0.15) is 3.71 Å². The van der Waals surface area contributed by atoms with Gasteiger partial charge in [-0.05, 0) is 54.2 Å². The third-order valence-electron chi connectivity index (χ3n) is 3.86. The highest BCUT2D eigenvalue weighted by Crippen LogP contribution is 2.45.